The lowest BCUT2D eigenvalue weighted by Crippen LogP contribution is -2.76. The quantitative estimate of drug-likeness (QED) is 0.309. The van der Waals surface area contributed by atoms with Crippen LogP contribution in [0.15, 0.2) is 24.8 Å². The van der Waals surface area contributed by atoms with E-state index in [2.05, 4.69) is 11.5 Å². The number of ketones is 1. The second-order valence-corrected chi connectivity index (χ2v) is 10.4. The lowest BCUT2D eigenvalue weighted by molar-refractivity contribution is -0.271. The number of Topliss-reactive ketones (excluding diaryl/α,β-unsaturated/α-hetero) is 1. The second kappa shape index (κ2) is 7.98. The van der Waals surface area contributed by atoms with E-state index >= 15 is 0 Å². The van der Waals surface area contributed by atoms with Gasteiger partial charge < -0.3 is 39.7 Å². The number of carbonyl (C=O) groups excluding carboxylic acids is 1. The maximum absolute atomic E-state index is 13.1. The summed E-state index contributed by atoms with van der Waals surface area (Å²) in [6.45, 7) is 5.10. The van der Waals surface area contributed by atoms with E-state index in [9.17, 15) is 35.1 Å². The molecule has 1 unspecified atom stereocenters. The maximum atomic E-state index is 13.1. The minimum absolute atomic E-state index is 0.0939. The van der Waals surface area contributed by atoms with Crippen molar-refractivity contribution in [1.29, 1.82) is 0 Å². The third-order valence-corrected chi connectivity index (χ3v) is 8.77. The first-order valence-corrected chi connectivity index (χ1v) is 12.2. The molecular weight excluding hydrogens is 474 g/mol. The number of piperidine rings is 1. The van der Waals surface area contributed by atoms with Gasteiger partial charge in [0, 0.05) is 31.1 Å². The van der Waals surface area contributed by atoms with E-state index in [1.165, 1.54) is 0 Å². The Balaban J connectivity index is 1.43. The van der Waals surface area contributed by atoms with Crippen LogP contribution in [0.3, 0.4) is 0 Å². The Labute approximate surface area is 206 Å². The molecule has 0 radical (unpaired) electrons. The van der Waals surface area contributed by atoms with E-state index in [4.69, 9.17) is 14.2 Å². The molecule has 5 aliphatic rings. The van der Waals surface area contributed by atoms with Gasteiger partial charge in [0.1, 0.15) is 18.3 Å². The SMILES string of the molecule is C=CCN1CC[C@]23c4c5ccc(O[C@@H]6OC(C(=O)O)[C@@H](O)[C@H](O)[C@@H]6O)c4O[C@H]2C(=O)CC[C@@]3(O)[C@H]1C5. The molecule has 6 rings (SSSR count). The largest absolute Gasteiger partial charge is 0.479 e. The van der Waals surface area contributed by atoms with Gasteiger partial charge in [0.25, 0.3) is 0 Å². The fraction of sp³-hybridized carbons (Fsp3) is 0.600. The summed E-state index contributed by atoms with van der Waals surface area (Å²) in [5.74, 6) is -1.28. The summed E-state index contributed by atoms with van der Waals surface area (Å²) >= 11 is 0. The Hall–Kier alpha value is -2.54. The van der Waals surface area contributed by atoms with E-state index in [0.717, 1.165) is 5.56 Å². The van der Waals surface area contributed by atoms with Crippen molar-refractivity contribution in [3.63, 3.8) is 0 Å². The predicted octanol–water partition coefficient (Wildman–Crippen LogP) is -1.13. The van der Waals surface area contributed by atoms with Crippen LogP contribution >= 0.6 is 0 Å². The van der Waals surface area contributed by atoms with Gasteiger partial charge in [-0.25, -0.2) is 4.79 Å². The van der Waals surface area contributed by atoms with Gasteiger partial charge in [-0.3, -0.25) is 9.69 Å². The van der Waals surface area contributed by atoms with Crippen molar-refractivity contribution >= 4 is 11.8 Å². The number of nitrogens with zero attached hydrogens (tertiary/aromatic N) is 1. The zero-order valence-electron chi connectivity index (χ0n) is 19.4. The van der Waals surface area contributed by atoms with Gasteiger partial charge >= 0.3 is 5.97 Å². The van der Waals surface area contributed by atoms with Crippen molar-refractivity contribution in [2.45, 2.75) is 79.6 Å². The highest BCUT2D eigenvalue weighted by atomic mass is 16.7. The van der Waals surface area contributed by atoms with Gasteiger partial charge in [0.05, 0.1) is 11.0 Å². The smallest absolute Gasteiger partial charge is 0.335 e. The van der Waals surface area contributed by atoms with Crippen molar-refractivity contribution in [3.05, 3.63) is 35.9 Å². The second-order valence-electron chi connectivity index (χ2n) is 10.4. The number of carboxylic acid groups (broad SMARTS) is 1. The monoisotopic (exact) mass is 503 g/mol. The van der Waals surface area contributed by atoms with E-state index < -0.39 is 53.8 Å². The Morgan fingerprint density at radius 2 is 2.00 bits per heavy atom. The first kappa shape index (κ1) is 23.8. The molecule has 5 N–H and O–H groups in total. The number of aliphatic hydroxyl groups is 4. The third kappa shape index (κ3) is 2.89. The molecule has 2 bridgehead atoms. The number of likely N-dealkylation sites (tertiary alicyclic amines) is 1. The summed E-state index contributed by atoms with van der Waals surface area (Å²) in [5, 5.41) is 52.1. The van der Waals surface area contributed by atoms with Crippen LogP contribution in [-0.4, -0.2) is 104 Å². The van der Waals surface area contributed by atoms with Crippen molar-refractivity contribution < 1.29 is 49.3 Å². The molecule has 1 spiro atoms. The Morgan fingerprint density at radius 3 is 2.72 bits per heavy atom. The fourth-order valence-corrected chi connectivity index (χ4v) is 7.15. The minimum atomic E-state index is -1.85. The van der Waals surface area contributed by atoms with Gasteiger partial charge in [-0.05, 0) is 30.9 Å². The molecule has 3 aliphatic heterocycles. The molecule has 11 nitrogen and oxygen atoms in total. The predicted molar refractivity (Wildman–Crippen MR) is 121 cm³/mol. The number of carboxylic acids is 1. The molecule has 0 aromatic heterocycles. The average Bonchev–Trinajstić information content (AvgIpc) is 3.20. The summed E-state index contributed by atoms with van der Waals surface area (Å²) < 4.78 is 17.4. The molecule has 194 valence electrons. The van der Waals surface area contributed by atoms with Gasteiger partial charge in [0.2, 0.25) is 6.29 Å². The Morgan fingerprint density at radius 1 is 1.22 bits per heavy atom. The van der Waals surface area contributed by atoms with Crippen LogP contribution in [-0.2, 0) is 26.2 Å². The van der Waals surface area contributed by atoms with E-state index in [0.29, 0.717) is 37.9 Å². The summed E-state index contributed by atoms with van der Waals surface area (Å²) in [5.41, 5.74) is -0.546. The zero-order valence-corrected chi connectivity index (χ0v) is 19.4. The summed E-state index contributed by atoms with van der Waals surface area (Å²) in [6, 6.07) is 3.19. The fourth-order valence-electron chi connectivity index (χ4n) is 7.15. The molecule has 0 amide bonds. The Bertz CT molecular complexity index is 1140. The lowest BCUT2D eigenvalue weighted by Gasteiger charge is -2.62. The van der Waals surface area contributed by atoms with Crippen molar-refractivity contribution in [2.24, 2.45) is 0 Å². The molecule has 1 aromatic carbocycles. The number of hydrogen-bond acceptors (Lipinski definition) is 10. The molecular formula is C25H29NO10. The van der Waals surface area contributed by atoms with Crippen LogP contribution < -0.4 is 9.47 Å². The highest BCUT2D eigenvalue weighted by Gasteiger charge is 2.73. The topological polar surface area (TPSA) is 166 Å². The molecule has 3 fully saturated rings. The molecule has 11 heteroatoms. The number of carbonyl (C=O) groups is 2. The van der Waals surface area contributed by atoms with E-state index in [1.807, 2.05) is 6.07 Å². The number of benzene rings is 1. The average molecular weight is 504 g/mol. The van der Waals surface area contributed by atoms with Crippen LogP contribution in [0.25, 0.3) is 0 Å². The van der Waals surface area contributed by atoms with Crippen LogP contribution in [0, 0.1) is 0 Å². The number of ether oxygens (including phenoxy) is 3. The summed E-state index contributed by atoms with van der Waals surface area (Å²) in [4.78, 5) is 26.8. The third-order valence-electron chi connectivity index (χ3n) is 8.77. The normalized spacial score (nSPS) is 42.9. The first-order valence-electron chi connectivity index (χ1n) is 12.2. The minimum Gasteiger partial charge on any atom is -0.479 e. The number of aliphatic hydroxyl groups excluding tert-OH is 3. The van der Waals surface area contributed by atoms with Crippen LogP contribution in [0.2, 0.25) is 0 Å². The highest BCUT2D eigenvalue weighted by Crippen LogP contribution is 2.65. The summed E-state index contributed by atoms with van der Waals surface area (Å²) in [6.07, 6.45) is -6.44. The lowest BCUT2D eigenvalue weighted by atomic mass is 9.49. The van der Waals surface area contributed by atoms with E-state index in [-0.39, 0.29) is 29.7 Å². The van der Waals surface area contributed by atoms with Crippen molar-refractivity contribution in [2.75, 3.05) is 13.1 Å². The van der Waals surface area contributed by atoms with Gasteiger partial charge in [-0.15, -0.1) is 6.58 Å². The molecule has 9 atom stereocenters. The molecule has 1 aromatic rings. The number of aliphatic carboxylic acids is 1. The first-order chi connectivity index (χ1) is 17.1. The summed E-state index contributed by atoms with van der Waals surface area (Å²) in [7, 11) is 0. The van der Waals surface area contributed by atoms with E-state index in [1.54, 1.807) is 12.1 Å². The number of rotatable bonds is 5. The standard InChI is InChI=1S/C25H29NO10/c1-2-8-26-9-7-24-15-11-3-4-13(34-23-18(30)16(28)17(29)20(36-23)22(31)32)19(15)35-21(24)12(27)5-6-25(24,33)14(26)10-11/h2-4,14,16-18,20-21,23,28-30,33H,1,5-10H2,(H,31,32)/t14-,16+,17+,18+,20?,21+,23-,24+,25-/m1/s1. The van der Waals surface area contributed by atoms with Crippen LogP contribution in [0.5, 0.6) is 11.5 Å². The molecule has 2 aliphatic carbocycles. The van der Waals surface area contributed by atoms with Crippen LogP contribution in [0.1, 0.15) is 30.4 Å². The Kier molecular flexibility index (Phi) is 5.28. The van der Waals surface area contributed by atoms with Crippen LogP contribution in [0.4, 0.5) is 0 Å². The zero-order chi connectivity index (χ0) is 25.6. The van der Waals surface area contributed by atoms with Gasteiger partial charge in [-0.1, -0.05) is 12.1 Å². The molecule has 3 heterocycles. The van der Waals surface area contributed by atoms with Gasteiger partial charge in [0.15, 0.2) is 29.5 Å². The van der Waals surface area contributed by atoms with Gasteiger partial charge in [-0.2, -0.15) is 0 Å². The van der Waals surface area contributed by atoms with Crippen molar-refractivity contribution in [1.82, 2.24) is 4.90 Å². The molecule has 2 saturated heterocycles. The molecule has 1 saturated carbocycles. The highest BCUT2D eigenvalue weighted by molar-refractivity contribution is 5.90. The molecule has 36 heavy (non-hydrogen) atoms. The number of hydrogen-bond donors (Lipinski definition) is 5. The maximum Gasteiger partial charge on any atom is 0.335 e. The van der Waals surface area contributed by atoms with Crippen molar-refractivity contribution in [3.8, 4) is 11.5 Å².